The highest BCUT2D eigenvalue weighted by Crippen LogP contribution is 2.29. The molecule has 0 saturated heterocycles. The van der Waals surface area contributed by atoms with Crippen molar-refractivity contribution in [2.75, 3.05) is 0 Å². The number of hydrogen-bond donors (Lipinski definition) is 0. The maximum Gasteiger partial charge on any atom is -0.0348 e. The van der Waals surface area contributed by atoms with Gasteiger partial charge in [-0.2, -0.15) is 0 Å². The van der Waals surface area contributed by atoms with Gasteiger partial charge in [0.25, 0.3) is 0 Å². The molecule has 0 spiro atoms. The van der Waals surface area contributed by atoms with E-state index in [-0.39, 0.29) is 0 Å². The summed E-state index contributed by atoms with van der Waals surface area (Å²) >= 11 is 0. The number of rotatable bonds is 7. The van der Waals surface area contributed by atoms with Gasteiger partial charge in [0.2, 0.25) is 0 Å². The van der Waals surface area contributed by atoms with E-state index >= 15 is 0 Å². The fraction of sp³-hybridized carbons (Fsp3) is 0.857. The Morgan fingerprint density at radius 3 is 2.07 bits per heavy atom. The SMILES string of the molecule is C/C=C\CCC(C)C(CC)C(C)CC. The first-order valence-electron chi connectivity index (χ1n) is 6.28. The Morgan fingerprint density at radius 1 is 1.00 bits per heavy atom. The van der Waals surface area contributed by atoms with Gasteiger partial charge in [-0.25, -0.2) is 0 Å². The number of allylic oxidation sites excluding steroid dienone is 2. The molecule has 0 aromatic carbocycles. The molecule has 0 rings (SSSR count). The van der Waals surface area contributed by atoms with Crippen molar-refractivity contribution in [3.05, 3.63) is 12.2 Å². The second-order valence-electron chi connectivity index (χ2n) is 4.58. The minimum atomic E-state index is 0.881. The summed E-state index contributed by atoms with van der Waals surface area (Å²) in [5.41, 5.74) is 0. The van der Waals surface area contributed by atoms with E-state index in [1.54, 1.807) is 0 Å². The molecule has 0 heterocycles. The zero-order valence-electron chi connectivity index (χ0n) is 10.7. The molecule has 0 heteroatoms. The zero-order chi connectivity index (χ0) is 11.0. The van der Waals surface area contributed by atoms with Crippen LogP contribution in [0.3, 0.4) is 0 Å². The number of hydrogen-bond acceptors (Lipinski definition) is 0. The summed E-state index contributed by atoms with van der Waals surface area (Å²) in [5, 5.41) is 0. The van der Waals surface area contributed by atoms with Crippen LogP contribution in [0.4, 0.5) is 0 Å². The third-order valence-electron chi connectivity index (χ3n) is 3.60. The van der Waals surface area contributed by atoms with Gasteiger partial charge in [-0.1, -0.05) is 52.7 Å². The molecule has 0 nitrogen and oxygen atoms in total. The molecule has 0 aliphatic heterocycles. The highest BCUT2D eigenvalue weighted by Gasteiger charge is 2.19. The van der Waals surface area contributed by atoms with Crippen LogP contribution in [0.5, 0.6) is 0 Å². The minimum absolute atomic E-state index is 0.881. The lowest BCUT2D eigenvalue weighted by molar-refractivity contribution is 0.231. The van der Waals surface area contributed by atoms with Crippen LogP contribution in [0.1, 0.15) is 60.3 Å². The van der Waals surface area contributed by atoms with Gasteiger partial charge in [0.1, 0.15) is 0 Å². The Balaban J connectivity index is 3.96. The highest BCUT2D eigenvalue weighted by molar-refractivity contribution is 4.79. The minimum Gasteiger partial charge on any atom is -0.0917 e. The first-order chi connectivity index (χ1) is 6.67. The fourth-order valence-electron chi connectivity index (χ4n) is 2.41. The quantitative estimate of drug-likeness (QED) is 0.500. The van der Waals surface area contributed by atoms with E-state index in [0.717, 1.165) is 17.8 Å². The molecule has 14 heavy (non-hydrogen) atoms. The molecule has 0 aromatic rings. The summed E-state index contributed by atoms with van der Waals surface area (Å²) in [6.45, 7) is 11.6. The second-order valence-corrected chi connectivity index (χ2v) is 4.58. The highest BCUT2D eigenvalue weighted by atomic mass is 14.2. The molecule has 0 radical (unpaired) electrons. The zero-order valence-corrected chi connectivity index (χ0v) is 10.7. The van der Waals surface area contributed by atoms with Gasteiger partial charge in [-0.3, -0.25) is 0 Å². The van der Waals surface area contributed by atoms with Gasteiger partial charge < -0.3 is 0 Å². The molecule has 3 atom stereocenters. The van der Waals surface area contributed by atoms with Crippen LogP contribution in [0.15, 0.2) is 12.2 Å². The Morgan fingerprint density at radius 2 is 1.64 bits per heavy atom. The van der Waals surface area contributed by atoms with Gasteiger partial charge in [-0.15, -0.1) is 0 Å². The van der Waals surface area contributed by atoms with Crippen molar-refractivity contribution >= 4 is 0 Å². The van der Waals surface area contributed by atoms with E-state index in [1.165, 1.54) is 25.7 Å². The summed E-state index contributed by atoms with van der Waals surface area (Å²) in [7, 11) is 0. The van der Waals surface area contributed by atoms with Gasteiger partial charge >= 0.3 is 0 Å². The van der Waals surface area contributed by atoms with Crippen molar-refractivity contribution in [3.63, 3.8) is 0 Å². The average molecular weight is 196 g/mol. The van der Waals surface area contributed by atoms with Crippen molar-refractivity contribution in [3.8, 4) is 0 Å². The molecular weight excluding hydrogens is 168 g/mol. The summed E-state index contributed by atoms with van der Waals surface area (Å²) in [4.78, 5) is 0. The van der Waals surface area contributed by atoms with Crippen molar-refractivity contribution in [2.24, 2.45) is 17.8 Å². The summed E-state index contributed by atoms with van der Waals surface area (Å²) in [6, 6.07) is 0. The maximum atomic E-state index is 2.42. The van der Waals surface area contributed by atoms with Crippen LogP contribution in [0, 0.1) is 17.8 Å². The molecule has 0 amide bonds. The molecule has 0 bridgehead atoms. The molecule has 3 unspecified atom stereocenters. The van der Waals surface area contributed by atoms with E-state index in [9.17, 15) is 0 Å². The molecular formula is C14H28. The molecule has 0 saturated carbocycles. The Bertz CT molecular complexity index is 146. The summed E-state index contributed by atoms with van der Waals surface area (Å²) in [6.07, 6.45) is 9.73. The maximum absolute atomic E-state index is 2.42. The summed E-state index contributed by atoms with van der Waals surface area (Å²) < 4.78 is 0. The van der Waals surface area contributed by atoms with Crippen LogP contribution >= 0.6 is 0 Å². The van der Waals surface area contributed by atoms with Crippen LogP contribution in [0.25, 0.3) is 0 Å². The molecule has 0 aliphatic rings. The van der Waals surface area contributed by atoms with Gasteiger partial charge in [0.15, 0.2) is 0 Å². The lowest BCUT2D eigenvalue weighted by Gasteiger charge is -2.27. The molecule has 0 N–H and O–H groups in total. The van der Waals surface area contributed by atoms with E-state index < -0.39 is 0 Å². The van der Waals surface area contributed by atoms with Crippen molar-refractivity contribution < 1.29 is 0 Å². The summed E-state index contributed by atoms with van der Waals surface area (Å²) in [5.74, 6) is 2.69. The fourth-order valence-corrected chi connectivity index (χ4v) is 2.41. The second kappa shape index (κ2) is 8.08. The third-order valence-corrected chi connectivity index (χ3v) is 3.60. The molecule has 0 aliphatic carbocycles. The van der Waals surface area contributed by atoms with Crippen LogP contribution in [0.2, 0.25) is 0 Å². The van der Waals surface area contributed by atoms with Crippen LogP contribution < -0.4 is 0 Å². The van der Waals surface area contributed by atoms with Crippen molar-refractivity contribution in [1.29, 1.82) is 0 Å². The molecule has 0 fully saturated rings. The first-order valence-corrected chi connectivity index (χ1v) is 6.28. The predicted octanol–water partition coefficient (Wildman–Crippen LogP) is 5.05. The first kappa shape index (κ1) is 13.7. The largest absolute Gasteiger partial charge is 0.0917 e. The van der Waals surface area contributed by atoms with Crippen molar-refractivity contribution in [1.82, 2.24) is 0 Å². The lowest BCUT2D eigenvalue weighted by atomic mass is 9.78. The van der Waals surface area contributed by atoms with Gasteiger partial charge in [0, 0.05) is 0 Å². The topological polar surface area (TPSA) is 0 Å². The smallest absolute Gasteiger partial charge is 0.0348 e. The monoisotopic (exact) mass is 196 g/mol. The van der Waals surface area contributed by atoms with Gasteiger partial charge in [-0.05, 0) is 37.5 Å². The Labute approximate surface area is 90.8 Å². The van der Waals surface area contributed by atoms with E-state index in [4.69, 9.17) is 0 Å². The predicted molar refractivity (Wildman–Crippen MR) is 66.4 cm³/mol. The van der Waals surface area contributed by atoms with E-state index in [0.29, 0.717) is 0 Å². The van der Waals surface area contributed by atoms with Crippen LogP contribution in [-0.2, 0) is 0 Å². The Hall–Kier alpha value is -0.260. The van der Waals surface area contributed by atoms with Crippen LogP contribution in [-0.4, -0.2) is 0 Å². The third kappa shape index (κ3) is 4.83. The molecule has 84 valence electrons. The molecule has 0 aromatic heterocycles. The average Bonchev–Trinajstić information content (AvgIpc) is 2.19. The normalized spacial score (nSPS) is 18.4. The van der Waals surface area contributed by atoms with Crippen molar-refractivity contribution in [2.45, 2.75) is 60.3 Å². The van der Waals surface area contributed by atoms with Gasteiger partial charge in [0.05, 0.1) is 0 Å². The lowest BCUT2D eigenvalue weighted by Crippen LogP contribution is -2.18. The standard InChI is InChI=1S/C14H28/c1-6-9-10-11-13(5)14(8-3)12(4)7-2/h6,9,12-14H,7-8,10-11H2,1-5H3/b9-6-. The van der Waals surface area contributed by atoms with E-state index in [2.05, 4.69) is 46.8 Å². The Kier molecular flexibility index (Phi) is 7.93. The van der Waals surface area contributed by atoms with E-state index in [1.807, 2.05) is 0 Å².